The maximum Gasteiger partial charge on any atom is 0.340 e. The maximum atomic E-state index is 13.0. The Morgan fingerprint density at radius 2 is 1.56 bits per heavy atom. The molecule has 0 fully saturated rings. The zero-order valence-electron chi connectivity index (χ0n) is 15.3. The van der Waals surface area contributed by atoms with Gasteiger partial charge in [-0.15, -0.1) is 0 Å². The van der Waals surface area contributed by atoms with Gasteiger partial charge < -0.3 is 15.4 Å². The summed E-state index contributed by atoms with van der Waals surface area (Å²) in [6.45, 7) is 4.79. The summed E-state index contributed by atoms with van der Waals surface area (Å²) in [6, 6.07) is 11.6. The third-order valence-corrected chi connectivity index (χ3v) is 3.91. The molecule has 0 atom stereocenters. The summed E-state index contributed by atoms with van der Waals surface area (Å²) in [5.74, 6) is -2.17. The van der Waals surface area contributed by atoms with Crippen molar-refractivity contribution in [1.82, 2.24) is 0 Å². The van der Waals surface area contributed by atoms with Crippen molar-refractivity contribution in [2.45, 2.75) is 20.8 Å². The number of benzene rings is 2. The zero-order valence-corrected chi connectivity index (χ0v) is 15.3. The van der Waals surface area contributed by atoms with Gasteiger partial charge in [-0.05, 0) is 57.2 Å². The first kappa shape index (κ1) is 20.1. The number of esters is 1. The van der Waals surface area contributed by atoms with Crippen molar-refractivity contribution < 1.29 is 23.5 Å². The average Bonchev–Trinajstić information content (AvgIpc) is 2.64. The third kappa shape index (κ3) is 4.91. The van der Waals surface area contributed by atoms with Gasteiger partial charge >= 0.3 is 5.97 Å². The molecule has 7 heteroatoms. The Balaban J connectivity index is 2.15. The largest absolute Gasteiger partial charge is 0.462 e. The van der Waals surface area contributed by atoms with Gasteiger partial charge in [0, 0.05) is 5.69 Å². The van der Waals surface area contributed by atoms with Gasteiger partial charge in [-0.25, -0.2) is 9.18 Å². The number of amides is 2. The molecule has 0 spiro atoms. The Kier molecular flexibility index (Phi) is 6.28. The topological polar surface area (TPSA) is 84.5 Å². The number of ether oxygens (including phenoxy) is 1. The van der Waals surface area contributed by atoms with Crippen LogP contribution in [-0.4, -0.2) is 24.4 Å². The van der Waals surface area contributed by atoms with E-state index in [1.54, 1.807) is 25.1 Å². The third-order valence-electron chi connectivity index (χ3n) is 3.91. The summed E-state index contributed by atoms with van der Waals surface area (Å²) in [5, 5.41) is 5.18. The lowest BCUT2D eigenvalue weighted by Gasteiger charge is -2.23. The summed E-state index contributed by atoms with van der Waals surface area (Å²) in [5.41, 5.74) is -0.629. The van der Waals surface area contributed by atoms with Gasteiger partial charge in [0.05, 0.1) is 17.9 Å². The van der Waals surface area contributed by atoms with Crippen LogP contribution in [0.15, 0.2) is 48.5 Å². The highest BCUT2D eigenvalue weighted by atomic mass is 19.1. The molecule has 2 N–H and O–H groups in total. The first-order valence-electron chi connectivity index (χ1n) is 8.40. The highest BCUT2D eigenvalue weighted by molar-refractivity contribution is 6.15. The first-order chi connectivity index (χ1) is 12.8. The predicted molar refractivity (Wildman–Crippen MR) is 99.8 cm³/mol. The molecule has 0 saturated carbocycles. The van der Waals surface area contributed by atoms with Crippen LogP contribution in [0.2, 0.25) is 0 Å². The van der Waals surface area contributed by atoms with Gasteiger partial charge in [0.25, 0.3) is 0 Å². The van der Waals surface area contributed by atoms with Crippen LogP contribution in [0.3, 0.4) is 0 Å². The van der Waals surface area contributed by atoms with Crippen LogP contribution >= 0.6 is 0 Å². The quantitative estimate of drug-likeness (QED) is 0.599. The first-order valence-corrected chi connectivity index (χ1v) is 8.40. The molecule has 0 saturated heterocycles. The summed E-state index contributed by atoms with van der Waals surface area (Å²) >= 11 is 0. The van der Waals surface area contributed by atoms with Gasteiger partial charge in [0.1, 0.15) is 11.2 Å². The second kappa shape index (κ2) is 8.44. The van der Waals surface area contributed by atoms with Crippen LogP contribution in [0, 0.1) is 11.2 Å². The lowest BCUT2D eigenvalue weighted by Crippen LogP contribution is -2.41. The minimum absolute atomic E-state index is 0.197. The van der Waals surface area contributed by atoms with E-state index in [-0.39, 0.29) is 17.9 Å². The number of rotatable bonds is 6. The fourth-order valence-corrected chi connectivity index (χ4v) is 2.18. The van der Waals surface area contributed by atoms with Crippen LogP contribution in [-0.2, 0) is 14.3 Å². The van der Waals surface area contributed by atoms with Gasteiger partial charge in [-0.1, -0.05) is 12.1 Å². The second-order valence-electron chi connectivity index (χ2n) is 6.31. The van der Waals surface area contributed by atoms with E-state index < -0.39 is 29.0 Å². The Labute approximate surface area is 156 Å². The molecule has 0 aliphatic heterocycles. The molecule has 0 radical (unpaired) electrons. The molecule has 0 bridgehead atoms. The van der Waals surface area contributed by atoms with E-state index in [9.17, 15) is 18.8 Å². The van der Waals surface area contributed by atoms with Gasteiger partial charge in [-0.3, -0.25) is 9.59 Å². The predicted octanol–water partition coefficient (Wildman–Crippen LogP) is 3.61. The molecule has 0 aliphatic rings. The highest BCUT2D eigenvalue weighted by Gasteiger charge is 2.36. The molecular weight excluding hydrogens is 351 g/mol. The van der Waals surface area contributed by atoms with Crippen LogP contribution in [0.4, 0.5) is 15.8 Å². The molecule has 27 heavy (non-hydrogen) atoms. The smallest absolute Gasteiger partial charge is 0.340 e. The Bertz CT molecular complexity index is 847. The minimum atomic E-state index is -1.45. The number of anilines is 2. The molecule has 0 unspecified atom stereocenters. The fraction of sp³-hybridized carbons (Fsp3) is 0.250. The molecule has 2 aromatic carbocycles. The van der Waals surface area contributed by atoms with E-state index in [2.05, 4.69) is 10.6 Å². The van der Waals surface area contributed by atoms with Crippen molar-refractivity contribution in [3.63, 3.8) is 0 Å². The molecular formula is C20H21FN2O4. The van der Waals surface area contributed by atoms with Crippen LogP contribution in [0.5, 0.6) is 0 Å². The lowest BCUT2D eigenvalue weighted by atomic mass is 9.90. The van der Waals surface area contributed by atoms with Crippen molar-refractivity contribution >= 4 is 29.2 Å². The number of carbonyl (C=O) groups excluding carboxylic acids is 3. The summed E-state index contributed by atoms with van der Waals surface area (Å²) in [7, 11) is 0. The van der Waals surface area contributed by atoms with Crippen molar-refractivity contribution in [2.24, 2.45) is 5.41 Å². The minimum Gasteiger partial charge on any atom is -0.462 e. The summed E-state index contributed by atoms with van der Waals surface area (Å²) < 4.78 is 17.9. The number of hydrogen-bond acceptors (Lipinski definition) is 4. The van der Waals surface area contributed by atoms with Gasteiger partial charge in [0.2, 0.25) is 11.8 Å². The van der Waals surface area contributed by atoms with Crippen LogP contribution < -0.4 is 10.6 Å². The standard InChI is InChI=1S/C20H21FN2O4/c1-4-27-17(24)15-7-5-6-8-16(15)23-19(26)20(2,3)18(25)22-14-11-9-13(21)10-12-14/h5-12H,4H2,1-3H3,(H,22,25)(H,23,26). The number of para-hydroxylation sites is 1. The maximum absolute atomic E-state index is 13.0. The summed E-state index contributed by atoms with van der Waals surface area (Å²) in [6.07, 6.45) is 0. The molecule has 0 aliphatic carbocycles. The van der Waals surface area contributed by atoms with E-state index in [0.717, 1.165) is 0 Å². The van der Waals surface area contributed by atoms with E-state index in [1.165, 1.54) is 44.2 Å². The van der Waals surface area contributed by atoms with E-state index in [1.807, 2.05) is 0 Å². The van der Waals surface area contributed by atoms with Crippen molar-refractivity contribution in [2.75, 3.05) is 17.2 Å². The van der Waals surface area contributed by atoms with Gasteiger partial charge in [-0.2, -0.15) is 0 Å². The van der Waals surface area contributed by atoms with Crippen molar-refractivity contribution in [3.8, 4) is 0 Å². The Morgan fingerprint density at radius 1 is 0.963 bits per heavy atom. The average molecular weight is 372 g/mol. The molecule has 0 heterocycles. The molecule has 6 nitrogen and oxygen atoms in total. The van der Waals surface area contributed by atoms with E-state index in [4.69, 9.17) is 4.74 Å². The van der Waals surface area contributed by atoms with E-state index >= 15 is 0 Å². The van der Waals surface area contributed by atoms with Crippen molar-refractivity contribution in [1.29, 1.82) is 0 Å². The number of halogens is 1. The van der Waals surface area contributed by atoms with Gasteiger partial charge in [0.15, 0.2) is 0 Å². The summed E-state index contributed by atoms with van der Waals surface area (Å²) in [4.78, 5) is 37.2. The number of nitrogens with one attached hydrogen (secondary N) is 2. The Hall–Kier alpha value is -3.22. The zero-order chi connectivity index (χ0) is 20.0. The van der Waals surface area contributed by atoms with Crippen LogP contribution in [0.25, 0.3) is 0 Å². The molecule has 142 valence electrons. The molecule has 2 rings (SSSR count). The normalized spacial score (nSPS) is 10.8. The SMILES string of the molecule is CCOC(=O)c1ccccc1NC(=O)C(C)(C)C(=O)Nc1ccc(F)cc1. The van der Waals surface area contributed by atoms with Crippen LogP contribution in [0.1, 0.15) is 31.1 Å². The van der Waals surface area contributed by atoms with E-state index in [0.29, 0.717) is 5.69 Å². The lowest BCUT2D eigenvalue weighted by molar-refractivity contribution is -0.135. The highest BCUT2D eigenvalue weighted by Crippen LogP contribution is 2.24. The molecule has 0 aromatic heterocycles. The fourth-order valence-electron chi connectivity index (χ4n) is 2.18. The number of hydrogen-bond donors (Lipinski definition) is 2. The monoisotopic (exact) mass is 372 g/mol. The number of carbonyl (C=O) groups is 3. The van der Waals surface area contributed by atoms with Crippen molar-refractivity contribution in [3.05, 3.63) is 59.9 Å². The molecule has 2 amide bonds. The Morgan fingerprint density at radius 3 is 2.19 bits per heavy atom. The second-order valence-corrected chi connectivity index (χ2v) is 6.31. The molecule has 2 aromatic rings.